The molecule has 1 aromatic rings. The Hall–Kier alpha value is -0.860. The summed E-state index contributed by atoms with van der Waals surface area (Å²) in [6.07, 6.45) is 0. The Labute approximate surface area is 85.2 Å². The Morgan fingerprint density at radius 1 is 1.36 bits per heavy atom. The molecule has 1 aliphatic rings. The second-order valence-corrected chi connectivity index (χ2v) is 4.21. The lowest BCUT2D eigenvalue weighted by atomic mass is 10.0. The molecule has 1 heterocycles. The first kappa shape index (κ1) is 9.69. The second-order valence-electron chi connectivity index (χ2n) is 4.21. The molecule has 1 N–H and O–H groups in total. The van der Waals surface area contributed by atoms with Crippen LogP contribution in [0.15, 0.2) is 18.2 Å². The molecule has 0 saturated carbocycles. The molecular formula is C12H17NO. The van der Waals surface area contributed by atoms with Crippen LogP contribution < -0.4 is 0 Å². The van der Waals surface area contributed by atoms with E-state index in [0.29, 0.717) is 6.04 Å². The maximum atomic E-state index is 9.21. The molecule has 1 aliphatic heterocycles. The minimum absolute atomic E-state index is 0.162. The molecule has 0 atom stereocenters. The number of aliphatic hydroxyl groups excluding tert-OH is 1. The first-order valence-electron chi connectivity index (χ1n) is 5.17. The summed E-state index contributed by atoms with van der Waals surface area (Å²) in [7, 11) is 0. The number of nitrogens with zero attached hydrogens (tertiary/aromatic N) is 1. The molecule has 0 bridgehead atoms. The van der Waals surface area contributed by atoms with Gasteiger partial charge in [-0.15, -0.1) is 0 Å². The zero-order chi connectivity index (χ0) is 10.1. The number of benzene rings is 1. The van der Waals surface area contributed by atoms with Crippen LogP contribution >= 0.6 is 0 Å². The van der Waals surface area contributed by atoms with E-state index < -0.39 is 0 Å². The zero-order valence-corrected chi connectivity index (χ0v) is 8.83. The number of hydrogen-bond donors (Lipinski definition) is 1. The summed E-state index contributed by atoms with van der Waals surface area (Å²) in [5, 5.41) is 9.21. The van der Waals surface area contributed by atoms with Crippen LogP contribution in [0.2, 0.25) is 0 Å². The molecule has 0 aromatic heterocycles. The summed E-state index contributed by atoms with van der Waals surface area (Å²) in [5.41, 5.74) is 3.81. The van der Waals surface area contributed by atoms with E-state index in [2.05, 4.69) is 24.8 Å². The van der Waals surface area contributed by atoms with Crippen LogP contribution in [-0.4, -0.2) is 16.0 Å². The maximum absolute atomic E-state index is 9.21. The molecule has 0 fully saturated rings. The fourth-order valence-electron chi connectivity index (χ4n) is 2.03. The van der Waals surface area contributed by atoms with Crippen LogP contribution in [0.5, 0.6) is 0 Å². The van der Waals surface area contributed by atoms with Gasteiger partial charge in [0, 0.05) is 19.1 Å². The third kappa shape index (κ3) is 1.56. The van der Waals surface area contributed by atoms with Crippen molar-refractivity contribution in [2.24, 2.45) is 0 Å². The van der Waals surface area contributed by atoms with E-state index in [4.69, 9.17) is 0 Å². The fraction of sp³-hybridized carbons (Fsp3) is 0.500. The van der Waals surface area contributed by atoms with E-state index in [9.17, 15) is 5.11 Å². The van der Waals surface area contributed by atoms with Gasteiger partial charge in [0.15, 0.2) is 0 Å². The number of aliphatic hydroxyl groups is 1. The summed E-state index contributed by atoms with van der Waals surface area (Å²) < 4.78 is 0. The minimum Gasteiger partial charge on any atom is -0.392 e. The number of fused-ring (bicyclic) bond motifs is 1. The van der Waals surface area contributed by atoms with Crippen LogP contribution in [0.3, 0.4) is 0 Å². The van der Waals surface area contributed by atoms with Crippen LogP contribution in [-0.2, 0) is 19.7 Å². The molecule has 0 saturated heterocycles. The Morgan fingerprint density at radius 2 is 2.14 bits per heavy atom. The molecule has 2 heteroatoms. The van der Waals surface area contributed by atoms with Crippen molar-refractivity contribution < 1.29 is 5.11 Å². The van der Waals surface area contributed by atoms with Crippen LogP contribution in [0.4, 0.5) is 0 Å². The highest BCUT2D eigenvalue weighted by atomic mass is 16.3. The summed E-state index contributed by atoms with van der Waals surface area (Å²) in [5.74, 6) is 0. The van der Waals surface area contributed by atoms with Crippen molar-refractivity contribution in [3.8, 4) is 0 Å². The lowest BCUT2D eigenvalue weighted by molar-refractivity contribution is 0.225. The third-order valence-corrected chi connectivity index (χ3v) is 3.01. The predicted octanol–water partition coefficient (Wildman–Crippen LogP) is 1.90. The summed E-state index contributed by atoms with van der Waals surface area (Å²) in [6, 6.07) is 6.79. The molecule has 0 unspecified atom stereocenters. The molecule has 2 rings (SSSR count). The molecule has 76 valence electrons. The average molecular weight is 191 g/mol. The third-order valence-electron chi connectivity index (χ3n) is 3.01. The number of hydrogen-bond acceptors (Lipinski definition) is 2. The van der Waals surface area contributed by atoms with Crippen molar-refractivity contribution in [3.63, 3.8) is 0 Å². The second kappa shape index (κ2) is 3.71. The van der Waals surface area contributed by atoms with Crippen LogP contribution in [0.1, 0.15) is 30.5 Å². The highest BCUT2D eigenvalue weighted by Gasteiger charge is 2.22. The zero-order valence-electron chi connectivity index (χ0n) is 8.83. The Bertz CT molecular complexity index is 333. The van der Waals surface area contributed by atoms with Gasteiger partial charge in [-0.05, 0) is 30.5 Å². The molecule has 14 heavy (non-hydrogen) atoms. The first-order valence-corrected chi connectivity index (χ1v) is 5.17. The average Bonchev–Trinajstić information content (AvgIpc) is 2.60. The quantitative estimate of drug-likeness (QED) is 0.771. The smallest absolute Gasteiger partial charge is 0.0685 e. The van der Waals surface area contributed by atoms with Gasteiger partial charge in [-0.1, -0.05) is 18.2 Å². The summed E-state index contributed by atoms with van der Waals surface area (Å²) >= 11 is 0. The van der Waals surface area contributed by atoms with Crippen molar-refractivity contribution in [1.82, 2.24) is 4.90 Å². The normalized spacial score (nSPS) is 16.3. The standard InChI is InChI=1S/C12H17NO/c1-9(2)13-6-10-4-3-5-11(8-14)12(10)7-13/h3-5,9,14H,6-8H2,1-2H3. The van der Waals surface area contributed by atoms with Gasteiger partial charge < -0.3 is 5.11 Å². The van der Waals surface area contributed by atoms with E-state index in [0.717, 1.165) is 18.7 Å². The van der Waals surface area contributed by atoms with Crippen molar-refractivity contribution in [2.45, 2.75) is 39.6 Å². The fourth-order valence-corrected chi connectivity index (χ4v) is 2.03. The highest BCUT2D eigenvalue weighted by Crippen LogP contribution is 2.27. The topological polar surface area (TPSA) is 23.5 Å². The van der Waals surface area contributed by atoms with Crippen molar-refractivity contribution in [2.75, 3.05) is 0 Å². The lowest BCUT2D eigenvalue weighted by Crippen LogP contribution is -2.24. The van der Waals surface area contributed by atoms with Gasteiger partial charge in [0.25, 0.3) is 0 Å². The van der Waals surface area contributed by atoms with Gasteiger partial charge in [0.05, 0.1) is 6.61 Å². The van der Waals surface area contributed by atoms with Crippen molar-refractivity contribution in [1.29, 1.82) is 0 Å². The SMILES string of the molecule is CC(C)N1Cc2cccc(CO)c2C1. The number of rotatable bonds is 2. The molecule has 0 amide bonds. The molecule has 1 aromatic carbocycles. The largest absolute Gasteiger partial charge is 0.392 e. The van der Waals surface area contributed by atoms with Gasteiger partial charge in [0.1, 0.15) is 0 Å². The van der Waals surface area contributed by atoms with E-state index >= 15 is 0 Å². The van der Waals surface area contributed by atoms with E-state index in [-0.39, 0.29) is 6.61 Å². The summed E-state index contributed by atoms with van der Waals surface area (Å²) in [4.78, 5) is 2.42. The molecule has 0 aliphatic carbocycles. The van der Waals surface area contributed by atoms with Gasteiger partial charge >= 0.3 is 0 Å². The van der Waals surface area contributed by atoms with E-state index in [1.165, 1.54) is 11.1 Å². The van der Waals surface area contributed by atoms with Crippen LogP contribution in [0, 0.1) is 0 Å². The van der Waals surface area contributed by atoms with Gasteiger partial charge in [0.2, 0.25) is 0 Å². The minimum atomic E-state index is 0.162. The Morgan fingerprint density at radius 3 is 2.79 bits per heavy atom. The molecular weight excluding hydrogens is 174 g/mol. The Kier molecular flexibility index (Phi) is 2.57. The van der Waals surface area contributed by atoms with E-state index in [1.54, 1.807) is 0 Å². The van der Waals surface area contributed by atoms with Crippen molar-refractivity contribution in [3.05, 3.63) is 34.9 Å². The lowest BCUT2D eigenvalue weighted by Gasteiger charge is -2.19. The first-order chi connectivity index (χ1) is 6.72. The molecule has 0 spiro atoms. The maximum Gasteiger partial charge on any atom is 0.0685 e. The van der Waals surface area contributed by atoms with Gasteiger partial charge in [-0.25, -0.2) is 0 Å². The van der Waals surface area contributed by atoms with Crippen LogP contribution in [0.25, 0.3) is 0 Å². The van der Waals surface area contributed by atoms with Crippen molar-refractivity contribution >= 4 is 0 Å². The molecule has 2 nitrogen and oxygen atoms in total. The van der Waals surface area contributed by atoms with E-state index in [1.807, 2.05) is 12.1 Å². The summed E-state index contributed by atoms with van der Waals surface area (Å²) in [6.45, 7) is 6.61. The predicted molar refractivity (Wildman–Crippen MR) is 56.7 cm³/mol. The highest BCUT2D eigenvalue weighted by molar-refractivity contribution is 5.37. The van der Waals surface area contributed by atoms with Gasteiger partial charge in [-0.2, -0.15) is 0 Å². The monoisotopic (exact) mass is 191 g/mol. The van der Waals surface area contributed by atoms with Gasteiger partial charge in [-0.3, -0.25) is 4.90 Å². The Balaban J connectivity index is 2.30. The molecule has 0 radical (unpaired) electrons.